The first-order valence-corrected chi connectivity index (χ1v) is 9.27. The molecule has 0 amide bonds. The summed E-state index contributed by atoms with van der Waals surface area (Å²) in [6, 6.07) is 1.45. The summed E-state index contributed by atoms with van der Waals surface area (Å²) in [4.78, 5) is 12.3. The third-order valence-electron chi connectivity index (χ3n) is 3.97. The molecule has 0 saturated carbocycles. The molecule has 0 bridgehead atoms. The first-order chi connectivity index (χ1) is 11.3. The van der Waals surface area contributed by atoms with E-state index in [4.69, 9.17) is 4.55 Å². The molecule has 5 nitrogen and oxygen atoms in total. The summed E-state index contributed by atoms with van der Waals surface area (Å²) < 4.78 is 73.4. The van der Waals surface area contributed by atoms with Gasteiger partial charge in [0.1, 0.15) is 37.1 Å². The van der Waals surface area contributed by atoms with Crippen LogP contribution in [0.25, 0.3) is 0 Å². The number of alkyl halides is 3. The fourth-order valence-corrected chi connectivity index (χ4v) is 3.47. The summed E-state index contributed by atoms with van der Waals surface area (Å²) in [5.74, 6) is -3.01. The quantitative estimate of drug-likeness (QED) is 0.317. The number of ether oxygens (including phenoxy) is 1. The van der Waals surface area contributed by atoms with Crippen LogP contribution in [0.2, 0.25) is 0 Å². The number of rotatable bonds is 6. The van der Waals surface area contributed by atoms with Gasteiger partial charge in [0.15, 0.2) is 0 Å². The molecule has 1 unspecified atom stereocenters. The Hall–Kier alpha value is -1.35. The van der Waals surface area contributed by atoms with E-state index >= 15 is 0 Å². The SMILES string of the molecule is BCc1c(B)cc(C(=O)OC(CS(=O)(=O)O)C(F)(F)F)c(CB)c1B. The highest BCUT2D eigenvalue weighted by Gasteiger charge is 2.45. The van der Waals surface area contributed by atoms with Crippen LogP contribution in [0.3, 0.4) is 0 Å². The number of esters is 1. The Bertz CT molecular complexity index is 767. The van der Waals surface area contributed by atoms with E-state index in [1.807, 2.05) is 7.85 Å². The molecule has 0 aliphatic heterocycles. The molecule has 1 atom stereocenters. The highest BCUT2D eigenvalue weighted by molar-refractivity contribution is 7.85. The van der Waals surface area contributed by atoms with Crippen LogP contribution in [0.5, 0.6) is 0 Å². The minimum atomic E-state index is -5.12. The summed E-state index contributed by atoms with van der Waals surface area (Å²) in [6.45, 7) is 0. The maximum absolute atomic E-state index is 12.9. The van der Waals surface area contributed by atoms with E-state index in [9.17, 15) is 26.4 Å². The topological polar surface area (TPSA) is 80.7 Å². The summed E-state index contributed by atoms with van der Waals surface area (Å²) in [7, 11) is 2.23. The van der Waals surface area contributed by atoms with Crippen molar-refractivity contribution < 1.29 is 35.7 Å². The lowest BCUT2D eigenvalue weighted by Crippen LogP contribution is -2.40. The van der Waals surface area contributed by atoms with Crippen LogP contribution in [0.15, 0.2) is 6.07 Å². The van der Waals surface area contributed by atoms with Crippen molar-refractivity contribution in [3.8, 4) is 0 Å². The molecule has 0 saturated heterocycles. The smallest absolute Gasteiger partial charge is 0.426 e. The van der Waals surface area contributed by atoms with Crippen molar-refractivity contribution >= 4 is 58.4 Å². The van der Waals surface area contributed by atoms with Crippen molar-refractivity contribution in [2.24, 2.45) is 0 Å². The molecule has 1 rings (SSSR count). The Labute approximate surface area is 148 Å². The lowest BCUT2D eigenvalue weighted by atomic mass is 9.70. The number of halogens is 3. The fourth-order valence-electron chi connectivity index (χ4n) is 2.83. The average molecular weight is 374 g/mol. The summed E-state index contributed by atoms with van der Waals surface area (Å²) in [5, 5.41) is 0. The minimum absolute atomic E-state index is 0.0284. The number of hydrogen-bond acceptors (Lipinski definition) is 4. The van der Waals surface area contributed by atoms with Gasteiger partial charge in [0, 0.05) is 0 Å². The number of hydrogen-bond donors (Lipinski definition) is 1. The van der Waals surface area contributed by atoms with Crippen LogP contribution in [-0.4, -0.2) is 68.4 Å². The molecule has 0 heterocycles. The van der Waals surface area contributed by atoms with E-state index in [-0.39, 0.29) is 5.56 Å². The molecule has 1 N–H and O–H groups in total. The van der Waals surface area contributed by atoms with Crippen LogP contribution >= 0.6 is 0 Å². The molecule has 0 aliphatic rings. The number of carbonyl (C=O) groups is 1. The zero-order chi connectivity index (χ0) is 19.6. The van der Waals surface area contributed by atoms with Crippen LogP contribution in [0.4, 0.5) is 13.2 Å². The highest BCUT2D eigenvalue weighted by Crippen LogP contribution is 2.25. The monoisotopic (exact) mass is 374 g/mol. The van der Waals surface area contributed by atoms with Gasteiger partial charge in [-0.25, -0.2) is 4.79 Å². The predicted molar refractivity (Wildman–Crippen MR) is 99.0 cm³/mol. The van der Waals surface area contributed by atoms with Gasteiger partial charge in [-0.05, 0) is 5.56 Å². The molecular weight excluding hydrogens is 356 g/mol. The van der Waals surface area contributed by atoms with Crippen molar-refractivity contribution in [2.75, 3.05) is 5.75 Å². The van der Waals surface area contributed by atoms with Gasteiger partial charge in [0.25, 0.3) is 10.1 Å². The zero-order valence-corrected chi connectivity index (χ0v) is 15.2. The Morgan fingerprint density at radius 3 is 2.12 bits per heavy atom. The second kappa shape index (κ2) is 7.90. The first kappa shape index (κ1) is 21.7. The molecule has 0 radical (unpaired) electrons. The van der Waals surface area contributed by atoms with E-state index in [0.717, 1.165) is 16.5 Å². The molecule has 1 aromatic rings. The van der Waals surface area contributed by atoms with E-state index in [1.54, 1.807) is 23.5 Å². The molecule has 0 fully saturated rings. The van der Waals surface area contributed by atoms with Gasteiger partial charge in [0.05, 0.1) is 5.56 Å². The second-order valence-electron chi connectivity index (χ2n) is 5.71. The van der Waals surface area contributed by atoms with E-state index in [2.05, 4.69) is 4.74 Å². The van der Waals surface area contributed by atoms with Crippen molar-refractivity contribution in [3.05, 3.63) is 22.8 Å². The van der Waals surface area contributed by atoms with Crippen LogP contribution < -0.4 is 10.9 Å². The predicted octanol–water partition coefficient (Wildman–Crippen LogP) is -3.55. The van der Waals surface area contributed by atoms with Gasteiger partial charge in [-0.1, -0.05) is 35.2 Å². The van der Waals surface area contributed by atoms with Crippen LogP contribution in [0.1, 0.15) is 21.5 Å². The molecule has 1 aromatic carbocycles. The van der Waals surface area contributed by atoms with E-state index in [0.29, 0.717) is 18.2 Å². The fraction of sp³-hybridized carbons (Fsp3) is 0.417. The van der Waals surface area contributed by atoms with Gasteiger partial charge in [-0.2, -0.15) is 21.6 Å². The van der Waals surface area contributed by atoms with Crippen molar-refractivity contribution in [1.82, 2.24) is 0 Å². The molecule has 134 valence electrons. The van der Waals surface area contributed by atoms with E-state index < -0.39 is 34.1 Å². The lowest BCUT2D eigenvalue weighted by molar-refractivity contribution is -0.197. The average Bonchev–Trinajstić information content (AvgIpc) is 2.44. The number of carbonyl (C=O) groups excluding carboxylic acids is 1. The Morgan fingerprint density at radius 2 is 1.72 bits per heavy atom. The maximum Gasteiger partial charge on any atom is 0.426 e. The van der Waals surface area contributed by atoms with Crippen molar-refractivity contribution in [3.63, 3.8) is 0 Å². The van der Waals surface area contributed by atoms with Gasteiger partial charge < -0.3 is 4.74 Å². The summed E-state index contributed by atoms with van der Waals surface area (Å²) in [5.41, 5.74) is 3.07. The summed E-state index contributed by atoms with van der Waals surface area (Å²) in [6.07, 6.45) is -6.95. The van der Waals surface area contributed by atoms with Gasteiger partial charge in [0.2, 0.25) is 6.10 Å². The van der Waals surface area contributed by atoms with Crippen LogP contribution in [0, 0.1) is 0 Å². The Balaban J connectivity index is 3.30. The maximum atomic E-state index is 12.9. The Kier molecular flexibility index (Phi) is 6.86. The molecule has 0 aliphatic carbocycles. The zero-order valence-electron chi connectivity index (χ0n) is 14.4. The molecule has 0 spiro atoms. The minimum Gasteiger partial charge on any atom is -0.448 e. The normalized spacial score (nSPS) is 13.4. The van der Waals surface area contributed by atoms with Gasteiger partial charge in [-0.15, -0.1) is 0 Å². The van der Waals surface area contributed by atoms with Gasteiger partial charge >= 0.3 is 12.1 Å². The third-order valence-corrected chi connectivity index (χ3v) is 4.69. The standard InChI is InChI=1S/C12H17B4F3O5S/c13-2-6-5(1-8(15)7(3-14)10(6)16)11(20)24-9(12(17,18)19)4-25(21,22)23/h1,9H,2-4,13-16H2,(H,21,22,23). The van der Waals surface area contributed by atoms with E-state index in [1.165, 1.54) is 6.07 Å². The first-order valence-electron chi connectivity index (χ1n) is 7.66. The van der Waals surface area contributed by atoms with Crippen molar-refractivity contribution in [1.29, 1.82) is 0 Å². The highest BCUT2D eigenvalue weighted by atomic mass is 32.2. The number of benzene rings is 1. The van der Waals surface area contributed by atoms with Gasteiger partial charge in [-0.3, -0.25) is 4.55 Å². The molecular formula is C12H17B4F3O5S. The van der Waals surface area contributed by atoms with Crippen molar-refractivity contribution in [2.45, 2.75) is 24.9 Å². The lowest BCUT2D eigenvalue weighted by Gasteiger charge is -2.22. The second-order valence-corrected chi connectivity index (χ2v) is 7.21. The largest absolute Gasteiger partial charge is 0.448 e. The molecule has 25 heavy (non-hydrogen) atoms. The molecule has 13 heteroatoms. The van der Waals surface area contributed by atoms with Crippen LogP contribution in [-0.2, 0) is 27.5 Å². The third kappa shape index (κ3) is 5.57. The molecule has 0 aromatic heterocycles. The summed E-state index contributed by atoms with van der Waals surface area (Å²) >= 11 is 0. The Morgan fingerprint density at radius 1 is 1.20 bits per heavy atom.